The van der Waals surface area contributed by atoms with Crippen molar-refractivity contribution in [2.24, 2.45) is 11.8 Å². The van der Waals surface area contributed by atoms with E-state index in [9.17, 15) is 19.2 Å². The van der Waals surface area contributed by atoms with Crippen molar-refractivity contribution < 1.29 is 28.7 Å². The molecule has 2 aliphatic heterocycles. The van der Waals surface area contributed by atoms with Gasteiger partial charge in [-0.2, -0.15) is 0 Å². The minimum absolute atomic E-state index is 0.109. The molecule has 0 saturated carbocycles. The molecule has 4 N–H and O–H groups in total. The number of nitrogens with one attached hydrogen (secondary N) is 4. The molecule has 0 bridgehead atoms. The largest absolute Gasteiger partial charge is 0.453 e. The van der Waals surface area contributed by atoms with E-state index in [1.807, 2.05) is 58.0 Å². The van der Waals surface area contributed by atoms with Crippen LogP contribution in [0, 0.1) is 23.7 Å². The first-order chi connectivity index (χ1) is 26.0. The number of carbonyl (C=O) groups is 4. The Morgan fingerprint density at radius 3 is 1.85 bits per heavy atom. The molecule has 2 aromatic heterocycles. The fourth-order valence-corrected chi connectivity index (χ4v) is 7.24. The van der Waals surface area contributed by atoms with E-state index in [-0.39, 0.29) is 35.7 Å². The lowest BCUT2D eigenvalue weighted by Gasteiger charge is -2.30. The van der Waals surface area contributed by atoms with Gasteiger partial charge in [0.15, 0.2) is 0 Å². The molecule has 0 unspecified atom stereocenters. The second kappa shape index (κ2) is 16.4. The smallest absolute Gasteiger partial charge is 0.407 e. The summed E-state index contributed by atoms with van der Waals surface area (Å²) in [5, 5.41) is 7.43. The Morgan fingerprint density at radius 2 is 1.28 bits per heavy atom. The van der Waals surface area contributed by atoms with E-state index in [4.69, 9.17) is 9.47 Å². The van der Waals surface area contributed by atoms with E-state index in [1.54, 1.807) is 22.2 Å². The Kier molecular flexibility index (Phi) is 11.5. The van der Waals surface area contributed by atoms with Crippen molar-refractivity contribution in [1.82, 2.24) is 40.4 Å². The van der Waals surface area contributed by atoms with Crippen LogP contribution in [0.2, 0.25) is 0 Å². The Bertz CT molecular complexity index is 2080. The number of aromatic nitrogens is 4. The number of imidazole rings is 2. The predicted octanol–water partition coefficient (Wildman–Crippen LogP) is 5.44. The average molecular weight is 737 g/mol. The van der Waals surface area contributed by atoms with Crippen LogP contribution in [0.1, 0.15) is 88.4 Å². The van der Waals surface area contributed by atoms with Crippen molar-refractivity contribution in [2.45, 2.75) is 77.5 Å². The van der Waals surface area contributed by atoms with E-state index < -0.39 is 24.3 Å². The first-order valence-electron chi connectivity index (χ1n) is 18.4. The fourth-order valence-electron chi connectivity index (χ4n) is 7.24. The molecule has 0 spiro atoms. The number of hydrogen-bond acceptors (Lipinski definition) is 8. The topological polar surface area (TPSA) is 175 Å². The van der Waals surface area contributed by atoms with E-state index >= 15 is 0 Å². The molecule has 4 aromatic rings. The number of nitrogens with zero attached hydrogens (tertiary/aromatic N) is 4. The predicted molar refractivity (Wildman–Crippen MR) is 202 cm³/mol. The first kappa shape index (κ1) is 37.9. The number of aromatic amines is 2. The standard InChI is InChI=1S/C40H48N8O6/c1-23(2)33(45-39(51)53-5)37(49)47-17-7-9-31(47)35-41-21-29(43-35)16-12-25-11-13-27-20-28(15-14-26(27)19-25)30-22-42-36(44-30)32-10-8-18-48(32)38(50)34(24(3)4)46-40(52)54-6/h11,13-15,19-24,31-34H,7-10,17-18H2,1-6H3,(H,41,43)(H,42,44)(H,45,51)(H,46,52)/t31-,32-,33-,34-/m1/s1. The van der Waals surface area contributed by atoms with Gasteiger partial charge in [-0.05, 0) is 72.4 Å². The van der Waals surface area contributed by atoms with E-state index in [0.29, 0.717) is 30.4 Å². The van der Waals surface area contributed by atoms with Gasteiger partial charge in [0.25, 0.3) is 0 Å². The molecule has 4 amide bonds. The maximum absolute atomic E-state index is 13.5. The van der Waals surface area contributed by atoms with Crippen molar-refractivity contribution in [3.05, 3.63) is 71.7 Å². The summed E-state index contributed by atoms with van der Waals surface area (Å²) in [5.74, 6) is 7.27. The third kappa shape index (κ3) is 8.20. The zero-order chi connectivity index (χ0) is 38.5. The highest BCUT2D eigenvalue weighted by Crippen LogP contribution is 2.34. The number of amides is 4. The Hall–Kier alpha value is -5.84. The highest BCUT2D eigenvalue weighted by atomic mass is 16.5. The zero-order valence-electron chi connectivity index (χ0n) is 31.6. The summed E-state index contributed by atoms with van der Waals surface area (Å²) < 4.78 is 9.49. The van der Waals surface area contributed by atoms with Gasteiger partial charge in [0, 0.05) is 24.2 Å². The van der Waals surface area contributed by atoms with Crippen LogP contribution in [-0.2, 0) is 19.1 Å². The minimum atomic E-state index is -0.699. The average Bonchev–Trinajstić information content (AvgIpc) is 4.00. The molecule has 14 nitrogen and oxygen atoms in total. The summed E-state index contributed by atoms with van der Waals surface area (Å²) in [6.45, 7) is 8.73. The number of rotatable bonds is 9. The number of H-pyrrole nitrogens is 2. The normalized spacial score (nSPS) is 18.0. The van der Waals surface area contributed by atoms with Crippen LogP contribution in [0.3, 0.4) is 0 Å². The van der Waals surface area contributed by atoms with Crippen molar-refractivity contribution in [3.8, 4) is 23.1 Å². The van der Waals surface area contributed by atoms with Gasteiger partial charge in [0.2, 0.25) is 11.8 Å². The summed E-state index contributed by atoms with van der Waals surface area (Å²) in [5.41, 5.74) is 3.30. The Labute approximate surface area is 314 Å². The van der Waals surface area contributed by atoms with Crippen molar-refractivity contribution in [1.29, 1.82) is 0 Å². The molecule has 2 aromatic carbocycles. The number of hydrogen-bond donors (Lipinski definition) is 4. The van der Waals surface area contributed by atoms with Crippen molar-refractivity contribution >= 4 is 34.8 Å². The molecular formula is C40H48N8O6. The molecule has 4 heterocycles. The maximum atomic E-state index is 13.5. The van der Waals surface area contributed by atoms with Crippen molar-refractivity contribution in [2.75, 3.05) is 27.3 Å². The number of carbonyl (C=O) groups excluding carboxylic acids is 4. The van der Waals surface area contributed by atoms with E-state index in [1.165, 1.54) is 14.2 Å². The lowest BCUT2D eigenvalue weighted by molar-refractivity contribution is -0.136. The fraction of sp³-hybridized carbons (Fsp3) is 0.450. The van der Waals surface area contributed by atoms with Crippen LogP contribution in [0.15, 0.2) is 48.8 Å². The summed E-state index contributed by atoms with van der Waals surface area (Å²) in [4.78, 5) is 70.4. The van der Waals surface area contributed by atoms with Crippen LogP contribution in [0.25, 0.3) is 22.0 Å². The molecule has 2 saturated heterocycles. The van der Waals surface area contributed by atoms with Gasteiger partial charge < -0.3 is 39.9 Å². The SMILES string of the molecule is COC(=O)N[C@@H](C(=O)N1CCC[C@@H]1c1ncc(C#Cc2ccc3cc(-c4cnc([C@H]5CCCN5C(=O)[C@H](NC(=O)OC)C(C)C)[nH]4)ccc3c2)[nH]1)C(C)C. The van der Waals surface area contributed by atoms with Gasteiger partial charge in [-0.25, -0.2) is 19.6 Å². The molecule has 54 heavy (non-hydrogen) atoms. The van der Waals surface area contributed by atoms with Crippen LogP contribution >= 0.6 is 0 Å². The molecular weight excluding hydrogens is 688 g/mol. The lowest BCUT2D eigenvalue weighted by Crippen LogP contribution is -2.51. The Balaban J connectivity index is 1.13. The molecule has 14 heteroatoms. The zero-order valence-corrected chi connectivity index (χ0v) is 31.6. The molecule has 284 valence electrons. The first-order valence-corrected chi connectivity index (χ1v) is 18.4. The molecule has 2 fully saturated rings. The second-order valence-electron chi connectivity index (χ2n) is 14.5. The quantitative estimate of drug-likeness (QED) is 0.164. The Morgan fingerprint density at radius 1 is 0.741 bits per heavy atom. The van der Waals surface area contributed by atoms with E-state index in [0.717, 1.165) is 53.3 Å². The third-order valence-electron chi connectivity index (χ3n) is 10.2. The van der Waals surface area contributed by atoms with Gasteiger partial charge >= 0.3 is 12.2 Å². The number of methoxy groups -OCH3 is 2. The molecule has 0 radical (unpaired) electrons. The maximum Gasteiger partial charge on any atom is 0.407 e. The molecule has 4 atom stereocenters. The molecule has 0 aliphatic carbocycles. The number of benzene rings is 2. The minimum Gasteiger partial charge on any atom is -0.453 e. The van der Waals surface area contributed by atoms with Gasteiger partial charge in [-0.15, -0.1) is 0 Å². The van der Waals surface area contributed by atoms with Gasteiger partial charge in [0.1, 0.15) is 29.4 Å². The highest BCUT2D eigenvalue weighted by molar-refractivity contribution is 5.89. The van der Waals surface area contributed by atoms with Crippen LogP contribution in [0.5, 0.6) is 0 Å². The van der Waals surface area contributed by atoms with Crippen molar-refractivity contribution in [3.63, 3.8) is 0 Å². The van der Waals surface area contributed by atoms with Gasteiger partial charge in [-0.1, -0.05) is 51.8 Å². The molecule has 2 aliphatic rings. The highest BCUT2D eigenvalue weighted by Gasteiger charge is 2.39. The summed E-state index contributed by atoms with van der Waals surface area (Å²) in [7, 11) is 2.57. The van der Waals surface area contributed by atoms with Crippen LogP contribution in [0.4, 0.5) is 9.59 Å². The number of alkyl carbamates (subject to hydrolysis) is 2. The number of fused-ring (bicyclic) bond motifs is 1. The molecule has 6 rings (SSSR count). The summed E-state index contributed by atoms with van der Waals surface area (Å²) in [6, 6.07) is 10.4. The summed E-state index contributed by atoms with van der Waals surface area (Å²) >= 11 is 0. The number of likely N-dealkylation sites (tertiary alicyclic amines) is 2. The van der Waals surface area contributed by atoms with Crippen LogP contribution < -0.4 is 10.6 Å². The monoisotopic (exact) mass is 736 g/mol. The number of ether oxygens (including phenoxy) is 2. The summed E-state index contributed by atoms with van der Waals surface area (Å²) in [6.07, 6.45) is 5.43. The van der Waals surface area contributed by atoms with E-state index in [2.05, 4.69) is 48.5 Å². The van der Waals surface area contributed by atoms with Gasteiger partial charge in [-0.3, -0.25) is 9.59 Å². The van der Waals surface area contributed by atoms with Crippen LogP contribution in [-0.4, -0.2) is 93.1 Å². The van der Waals surface area contributed by atoms with Gasteiger partial charge in [0.05, 0.1) is 44.4 Å². The third-order valence-corrected chi connectivity index (χ3v) is 10.2. The second-order valence-corrected chi connectivity index (χ2v) is 14.5. The lowest BCUT2D eigenvalue weighted by atomic mass is 10.0.